The van der Waals surface area contributed by atoms with Gasteiger partial charge in [-0.05, 0) is 56.5 Å². The third-order valence-corrected chi connectivity index (χ3v) is 6.10. The van der Waals surface area contributed by atoms with Crippen molar-refractivity contribution in [1.29, 1.82) is 0 Å². The quantitative estimate of drug-likeness (QED) is 0.514. The first kappa shape index (κ1) is 14.5. The lowest BCUT2D eigenvalue weighted by Crippen LogP contribution is -1.96. The average molecular weight is 433 g/mol. The molecule has 3 rings (SSSR count). The lowest BCUT2D eigenvalue weighted by atomic mass is 10.0. The van der Waals surface area contributed by atoms with Gasteiger partial charge in [0.15, 0.2) is 0 Å². The highest BCUT2D eigenvalue weighted by Gasteiger charge is 2.15. The fourth-order valence-electron chi connectivity index (χ4n) is 2.07. The van der Waals surface area contributed by atoms with Crippen LogP contribution in [0.3, 0.4) is 0 Å². The highest BCUT2D eigenvalue weighted by atomic mass is 79.9. The molecule has 0 amide bonds. The molecule has 1 heterocycles. The summed E-state index contributed by atoms with van der Waals surface area (Å²) in [6, 6.07) is 13.9. The van der Waals surface area contributed by atoms with E-state index in [0.29, 0.717) is 4.34 Å². The number of fused-ring (bicyclic) bond motifs is 1. The SMILES string of the molecule is OC(c1ccc2cc(Br)ccc2c1)c1cc(Br)c(Cl)s1. The Morgan fingerprint density at radius 1 is 1.00 bits per heavy atom. The molecule has 5 heteroatoms. The minimum Gasteiger partial charge on any atom is -0.383 e. The molecular weight excluding hydrogens is 423 g/mol. The van der Waals surface area contributed by atoms with Crippen LogP contribution in [-0.2, 0) is 0 Å². The third-order valence-electron chi connectivity index (χ3n) is 3.08. The van der Waals surface area contributed by atoms with Gasteiger partial charge in [-0.1, -0.05) is 45.7 Å². The van der Waals surface area contributed by atoms with Crippen LogP contribution in [0.1, 0.15) is 16.5 Å². The van der Waals surface area contributed by atoms with Crippen LogP contribution in [0.5, 0.6) is 0 Å². The van der Waals surface area contributed by atoms with Gasteiger partial charge in [-0.15, -0.1) is 11.3 Å². The standard InChI is InChI=1S/C15H9Br2ClOS/c16-11-4-3-8-5-10(2-1-9(8)6-11)14(19)13-7-12(17)15(18)20-13/h1-7,14,19H. The summed E-state index contributed by atoms with van der Waals surface area (Å²) < 4.78 is 2.53. The van der Waals surface area contributed by atoms with Gasteiger partial charge >= 0.3 is 0 Å². The maximum absolute atomic E-state index is 10.5. The van der Waals surface area contributed by atoms with Crippen molar-refractivity contribution < 1.29 is 5.11 Å². The fourth-order valence-corrected chi connectivity index (χ4v) is 4.20. The summed E-state index contributed by atoms with van der Waals surface area (Å²) in [6.45, 7) is 0. The van der Waals surface area contributed by atoms with Crippen molar-refractivity contribution in [2.45, 2.75) is 6.10 Å². The van der Waals surface area contributed by atoms with E-state index >= 15 is 0 Å². The predicted molar refractivity (Wildman–Crippen MR) is 92.7 cm³/mol. The van der Waals surface area contributed by atoms with E-state index in [0.717, 1.165) is 30.2 Å². The number of rotatable bonds is 2. The molecule has 102 valence electrons. The molecule has 1 N–H and O–H groups in total. The maximum atomic E-state index is 10.5. The molecule has 0 fully saturated rings. The van der Waals surface area contributed by atoms with E-state index in [1.165, 1.54) is 11.3 Å². The Bertz CT molecular complexity index is 765. The van der Waals surface area contributed by atoms with Crippen molar-refractivity contribution in [2.75, 3.05) is 0 Å². The topological polar surface area (TPSA) is 20.2 Å². The first-order valence-corrected chi connectivity index (χ1v) is 8.64. The van der Waals surface area contributed by atoms with Gasteiger partial charge in [0, 0.05) is 13.8 Å². The summed E-state index contributed by atoms with van der Waals surface area (Å²) >= 11 is 14.2. The summed E-state index contributed by atoms with van der Waals surface area (Å²) in [7, 11) is 0. The highest BCUT2D eigenvalue weighted by Crippen LogP contribution is 2.37. The van der Waals surface area contributed by atoms with Gasteiger partial charge < -0.3 is 5.11 Å². The van der Waals surface area contributed by atoms with E-state index in [9.17, 15) is 5.11 Å². The van der Waals surface area contributed by atoms with Gasteiger partial charge in [0.25, 0.3) is 0 Å². The predicted octanol–water partition coefficient (Wildman–Crippen LogP) is 6.16. The van der Waals surface area contributed by atoms with Crippen molar-refractivity contribution in [3.8, 4) is 0 Å². The fraction of sp³-hybridized carbons (Fsp3) is 0.0667. The molecule has 0 spiro atoms. The molecule has 0 aliphatic carbocycles. The monoisotopic (exact) mass is 430 g/mol. The van der Waals surface area contributed by atoms with Crippen LogP contribution in [0, 0.1) is 0 Å². The number of aliphatic hydroxyl groups excluding tert-OH is 1. The summed E-state index contributed by atoms with van der Waals surface area (Å²) in [6.07, 6.45) is -0.656. The minimum atomic E-state index is -0.656. The molecule has 1 nitrogen and oxygen atoms in total. The van der Waals surface area contributed by atoms with Gasteiger partial charge in [-0.3, -0.25) is 0 Å². The second kappa shape index (κ2) is 5.78. The molecular formula is C15H9Br2ClOS. The average Bonchev–Trinajstić information content (AvgIpc) is 2.77. The van der Waals surface area contributed by atoms with E-state index in [-0.39, 0.29) is 0 Å². The largest absolute Gasteiger partial charge is 0.383 e. The lowest BCUT2D eigenvalue weighted by molar-refractivity contribution is 0.224. The van der Waals surface area contributed by atoms with Crippen LogP contribution in [-0.4, -0.2) is 5.11 Å². The molecule has 0 bridgehead atoms. The maximum Gasteiger partial charge on any atom is 0.113 e. The van der Waals surface area contributed by atoms with E-state index in [1.807, 2.05) is 36.4 Å². The zero-order chi connectivity index (χ0) is 14.3. The molecule has 0 aliphatic heterocycles. The van der Waals surface area contributed by atoms with Gasteiger partial charge in [-0.25, -0.2) is 0 Å². The first-order valence-electron chi connectivity index (χ1n) is 5.86. The summed E-state index contributed by atoms with van der Waals surface area (Å²) in [5.41, 5.74) is 0.866. The van der Waals surface area contributed by atoms with Crippen LogP contribution in [0.25, 0.3) is 10.8 Å². The Kier molecular flexibility index (Phi) is 4.20. The van der Waals surface area contributed by atoms with Gasteiger partial charge in [-0.2, -0.15) is 0 Å². The molecule has 20 heavy (non-hydrogen) atoms. The molecule has 2 aromatic carbocycles. The normalized spacial score (nSPS) is 12.8. The van der Waals surface area contributed by atoms with Crippen LogP contribution >= 0.6 is 54.8 Å². The lowest BCUT2D eigenvalue weighted by Gasteiger charge is -2.10. The zero-order valence-electron chi connectivity index (χ0n) is 10.1. The molecule has 1 unspecified atom stereocenters. The van der Waals surface area contributed by atoms with Crippen LogP contribution < -0.4 is 0 Å². The summed E-state index contributed by atoms with van der Waals surface area (Å²) in [5, 5.41) is 12.7. The molecule has 0 saturated heterocycles. The molecule has 0 saturated carbocycles. The second-order valence-corrected chi connectivity index (χ2v) is 7.88. The van der Waals surface area contributed by atoms with Crippen LogP contribution in [0.4, 0.5) is 0 Å². The number of halogens is 3. The van der Waals surface area contributed by atoms with Gasteiger partial charge in [0.2, 0.25) is 0 Å². The van der Waals surface area contributed by atoms with Crippen molar-refractivity contribution in [3.05, 3.63) is 66.2 Å². The molecule has 1 atom stereocenters. The van der Waals surface area contributed by atoms with Crippen LogP contribution in [0.15, 0.2) is 51.4 Å². The smallest absolute Gasteiger partial charge is 0.113 e. The number of hydrogen-bond donors (Lipinski definition) is 1. The number of aliphatic hydroxyl groups is 1. The minimum absolute atomic E-state index is 0.656. The first-order chi connectivity index (χ1) is 9.54. The Morgan fingerprint density at radius 2 is 1.70 bits per heavy atom. The summed E-state index contributed by atoms with van der Waals surface area (Å²) in [4.78, 5) is 0.832. The Balaban J connectivity index is 2.03. The van der Waals surface area contributed by atoms with Crippen molar-refractivity contribution in [3.63, 3.8) is 0 Å². The molecule has 0 radical (unpaired) electrons. The number of thiophene rings is 1. The number of hydrogen-bond acceptors (Lipinski definition) is 2. The Labute approximate surface area is 142 Å². The van der Waals surface area contributed by atoms with E-state index < -0.39 is 6.10 Å². The Hall–Kier alpha value is -0.390. The Morgan fingerprint density at radius 3 is 2.40 bits per heavy atom. The van der Waals surface area contributed by atoms with Gasteiger partial charge in [0.05, 0.1) is 0 Å². The third kappa shape index (κ3) is 2.81. The highest BCUT2D eigenvalue weighted by molar-refractivity contribution is 9.10. The zero-order valence-corrected chi connectivity index (χ0v) is 14.9. The molecule has 1 aromatic heterocycles. The van der Waals surface area contributed by atoms with E-state index in [4.69, 9.17) is 11.6 Å². The van der Waals surface area contributed by atoms with Crippen molar-refractivity contribution in [2.24, 2.45) is 0 Å². The van der Waals surface area contributed by atoms with Crippen LogP contribution in [0.2, 0.25) is 4.34 Å². The van der Waals surface area contributed by atoms with Gasteiger partial charge in [0.1, 0.15) is 10.4 Å². The molecule has 3 aromatic rings. The number of benzene rings is 2. The van der Waals surface area contributed by atoms with Crippen molar-refractivity contribution in [1.82, 2.24) is 0 Å². The van der Waals surface area contributed by atoms with E-state index in [1.54, 1.807) is 0 Å². The van der Waals surface area contributed by atoms with E-state index in [2.05, 4.69) is 37.9 Å². The van der Waals surface area contributed by atoms with Crippen molar-refractivity contribution >= 4 is 65.6 Å². The second-order valence-electron chi connectivity index (χ2n) is 4.42. The summed E-state index contributed by atoms with van der Waals surface area (Å²) in [5.74, 6) is 0. The molecule has 0 aliphatic rings.